The maximum atomic E-state index is 10.5. The van der Waals surface area contributed by atoms with Gasteiger partial charge in [-0.15, -0.1) is 0 Å². The molecule has 0 aromatic carbocycles. The van der Waals surface area contributed by atoms with Crippen LogP contribution < -0.4 is 0 Å². The molecule has 0 spiro atoms. The van der Waals surface area contributed by atoms with Gasteiger partial charge in [-0.2, -0.15) is 0 Å². The van der Waals surface area contributed by atoms with Gasteiger partial charge in [0.25, 0.3) is 0 Å². The second-order valence-corrected chi connectivity index (χ2v) is 31.4. The number of hydrogen-bond donors (Lipinski definition) is 0. The van der Waals surface area contributed by atoms with Crippen LogP contribution in [0.15, 0.2) is 0 Å². The van der Waals surface area contributed by atoms with Gasteiger partial charge in [-0.25, -0.2) is 0 Å². The largest absolute Gasteiger partial charge is 2.00 e. The Bertz CT molecular complexity index is 708. The summed E-state index contributed by atoms with van der Waals surface area (Å²) in [6, 6.07) is 0. The standard InChI is InChI=1S/4C12H27OP.Mg/c4*1-4-7-10-14(13,11-8-5-2)12-9-6-3;/h4*4-12H2,1-3H3;/q;;;;+2/p+4. The maximum absolute atomic E-state index is 10.5. The number of rotatable bonds is 36. The van der Waals surface area contributed by atoms with Crippen molar-refractivity contribution in [3.63, 3.8) is 0 Å². The molecule has 0 aliphatic carbocycles. The van der Waals surface area contributed by atoms with Crippen LogP contribution in [-0.4, -0.2) is 115 Å². The van der Waals surface area contributed by atoms with Gasteiger partial charge < -0.3 is 18.3 Å². The van der Waals surface area contributed by atoms with E-state index in [-0.39, 0.29) is 23.1 Å². The summed E-state index contributed by atoms with van der Waals surface area (Å²) in [5.74, 6) is 0. The van der Waals surface area contributed by atoms with E-state index in [1.165, 1.54) is 154 Å². The van der Waals surface area contributed by atoms with Crippen LogP contribution in [0.4, 0.5) is 0 Å². The van der Waals surface area contributed by atoms with Crippen molar-refractivity contribution >= 4 is 51.6 Å². The number of hydrogen-bond acceptors (Lipinski definition) is 0. The van der Waals surface area contributed by atoms with E-state index in [0.717, 1.165) is 73.9 Å². The zero-order valence-corrected chi connectivity index (χ0v) is 46.7. The van der Waals surface area contributed by atoms with Crippen LogP contribution >= 0.6 is 28.6 Å². The summed E-state index contributed by atoms with van der Waals surface area (Å²) in [6.07, 6.45) is 42.7. The molecule has 0 bridgehead atoms. The fraction of sp³-hybridized carbons (Fsp3) is 1.00. The third kappa shape index (κ3) is 47.0. The molecule has 0 heterocycles. The van der Waals surface area contributed by atoms with Crippen molar-refractivity contribution in [3.05, 3.63) is 0 Å². The normalized spacial score (nSPS) is 11.7. The molecule has 0 saturated carbocycles. The molecule has 0 aliphatic heterocycles. The third-order valence-electron chi connectivity index (χ3n) is 11.1. The zero-order valence-electron chi connectivity index (χ0n) is 41.7. The van der Waals surface area contributed by atoms with E-state index in [9.17, 15) is 18.3 Å². The Morgan fingerprint density at radius 2 is 0.263 bits per heavy atom. The quantitative estimate of drug-likeness (QED) is 0.0341. The van der Waals surface area contributed by atoms with Gasteiger partial charge in [-0.05, 0) is 77.0 Å². The van der Waals surface area contributed by atoms with E-state index in [1.807, 2.05) is 0 Å². The molecule has 0 fully saturated rings. The predicted molar refractivity (Wildman–Crippen MR) is 278 cm³/mol. The fourth-order valence-corrected chi connectivity index (χ4v) is 20.3. The average molecular weight is 902 g/mol. The Morgan fingerprint density at radius 3 is 0.316 bits per heavy atom. The molecule has 4 nitrogen and oxygen atoms in total. The van der Waals surface area contributed by atoms with Crippen LogP contribution in [0.3, 0.4) is 0 Å². The van der Waals surface area contributed by atoms with Gasteiger partial charge in [0.05, 0.1) is 0 Å². The molecule has 0 aromatic heterocycles. The van der Waals surface area contributed by atoms with Crippen molar-refractivity contribution < 1.29 is 18.3 Å². The van der Waals surface area contributed by atoms with E-state index in [2.05, 4.69) is 83.1 Å². The molecule has 4 N–H and O–H groups in total. The smallest absolute Gasteiger partial charge is 0.320 e. The fourth-order valence-electron chi connectivity index (χ4n) is 6.77. The van der Waals surface area contributed by atoms with Gasteiger partial charge in [-0.1, -0.05) is 160 Å². The molecule has 0 unspecified atom stereocenters. The third-order valence-corrected chi connectivity index (χ3v) is 24.9. The summed E-state index contributed by atoms with van der Waals surface area (Å²) in [7, 11) is -6.08. The minimum absolute atomic E-state index is 0. The Morgan fingerprint density at radius 1 is 0.193 bits per heavy atom. The molecule has 0 rings (SSSR count). The Hall–Kier alpha value is 1.69. The first-order valence-electron chi connectivity index (χ1n) is 25.1. The molecule has 0 radical (unpaired) electrons. The molecule has 344 valence electrons. The summed E-state index contributed by atoms with van der Waals surface area (Å²) < 4.78 is 42.1. The minimum Gasteiger partial charge on any atom is -0.320 e. The van der Waals surface area contributed by atoms with Crippen LogP contribution in [0.1, 0.15) is 237 Å². The van der Waals surface area contributed by atoms with E-state index in [4.69, 9.17) is 0 Å². The Kier molecular flexibility index (Phi) is 57.9. The van der Waals surface area contributed by atoms with E-state index >= 15 is 0 Å². The van der Waals surface area contributed by atoms with Gasteiger partial charge in [0.2, 0.25) is 28.6 Å². The molecule has 0 aliphatic rings. The molecule has 0 amide bonds. The van der Waals surface area contributed by atoms with Gasteiger partial charge in [0, 0.05) is 73.9 Å². The average Bonchev–Trinajstić information content (AvgIpc) is 3.21. The first kappa shape index (κ1) is 67.8. The van der Waals surface area contributed by atoms with Crippen LogP contribution in [0, 0.1) is 0 Å². The zero-order chi connectivity index (χ0) is 43.5. The molecular weight excluding hydrogens is 789 g/mol. The van der Waals surface area contributed by atoms with Crippen molar-refractivity contribution in [2.75, 3.05) is 73.9 Å². The van der Waals surface area contributed by atoms with Crippen molar-refractivity contribution in [3.8, 4) is 0 Å². The predicted octanol–water partition coefficient (Wildman–Crippen LogP) is 18.4. The Balaban J connectivity index is -0.000000210. The van der Waals surface area contributed by atoms with Crippen molar-refractivity contribution in [1.29, 1.82) is 0 Å². The van der Waals surface area contributed by atoms with E-state index in [0.29, 0.717) is 0 Å². The minimum atomic E-state index is -1.52. The first-order valence-corrected chi connectivity index (χ1v) is 34.3. The monoisotopic (exact) mass is 901 g/mol. The topological polar surface area (TPSA) is 85.6 Å². The summed E-state index contributed by atoms with van der Waals surface area (Å²) in [4.78, 5) is 0. The van der Waals surface area contributed by atoms with Gasteiger partial charge in [0.15, 0.2) is 0 Å². The maximum Gasteiger partial charge on any atom is 2.00 e. The van der Waals surface area contributed by atoms with Crippen LogP contribution in [0.25, 0.3) is 0 Å². The van der Waals surface area contributed by atoms with E-state index < -0.39 is 28.6 Å². The molecular formula is C48H112MgO4P4+6. The van der Waals surface area contributed by atoms with Crippen LogP contribution in [0.5, 0.6) is 0 Å². The molecule has 9 heteroatoms. The van der Waals surface area contributed by atoms with Gasteiger partial charge >= 0.3 is 23.1 Å². The van der Waals surface area contributed by atoms with Gasteiger partial charge in [-0.3, -0.25) is 0 Å². The van der Waals surface area contributed by atoms with Crippen molar-refractivity contribution in [2.45, 2.75) is 237 Å². The summed E-state index contributed by atoms with van der Waals surface area (Å²) >= 11 is 0. The SMILES string of the molecule is CCCCP(=[OH+])(CCCC)CCCC.CCCCP(=[OH+])(CCCC)CCCC.CCCCP(=[OH+])(CCCC)CCCC.CCCCP(=[OH+])(CCCC)CCCC.[Mg+2]. The van der Waals surface area contributed by atoms with Crippen LogP contribution in [0.2, 0.25) is 0 Å². The van der Waals surface area contributed by atoms with Crippen molar-refractivity contribution in [2.24, 2.45) is 0 Å². The van der Waals surface area contributed by atoms with E-state index in [1.54, 1.807) is 0 Å². The Labute approximate surface area is 378 Å². The second kappa shape index (κ2) is 48.7. The first-order chi connectivity index (χ1) is 26.7. The van der Waals surface area contributed by atoms with Crippen LogP contribution in [-0.2, 0) is 0 Å². The number of unbranched alkanes of at least 4 members (excludes halogenated alkanes) is 12. The van der Waals surface area contributed by atoms with Gasteiger partial charge in [0.1, 0.15) is 0 Å². The summed E-state index contributed by atoms with van der Waals surface area (Å²) in [5, 5.41) is 0. The summed E-state index contributed by atoms with van der Waals surface area (Å²) in [5.41, 5.74) is 0. The second-order valence-electron chi connectivity index (χ2n) is 17.3. The molecule has 0 aromatic rings. The molecule has 57 heavy (non-hydrogen) atoms. The molecule has 0 saturated heterocycles. The molecule has 0 atom stereocenters. The summed E-state index contributed by atoms with van der Waals surface area (Å²) in [6.45, 7) is 26.5. The van der Waals surface area contributed by atoms with Crippen molar-refractivity contribution in [1.82, 2.24) is 0 Å².